The first-order valence-electron chi connectivity index (χ1n) is 6.38. The normalized spacial score (nSPS) is 10.5. The molecule has 0 bridgehead atoms. The van der Waals surface area contributed by atoms with Gasteiger partial charge in [-0.1, -0.05) is 6.07 Å². The van der Waals surface area contributed by atoms with Crippen molar-refractivity contribution in [1.29, 1.82) is 0 Å². The van der Waals surface area contributed by atoms with Crippen molar-refractivity contribution in [2.75, 3.05) is 0 Å². The molecule has 0 N–H and O–H groups in total. The SMILES string of the molecule is Cc1ccc(F)cc1OCc1ncc(C)c([N+](=O)[O-])c1C. The highest BCUT2D eigenvalue weighted by atomic mass is 19.1. The van der Waals surface area contributed by atoms with Crippen LogP contribution in [0.25, 0.3) is 0 Å². The fraction of sp³-hybridized carbons (Fsp3) is 0.267. The summed E-state index contributed by atoms with van der Waals surface area (Å²) >= 11 is 0. The molecule has 2 aromatic rings. The van der Waals surface area contributed by atoms with Crippen molar-refractivity contribution < 1.29 is 14.1 Å². The molecule has 2 rings (SSSR count). The Morgan fingerprint density at radius 3 is 2.67 bits per heavy atom. The number of benzene rings is 1. The van der Waals surface area contributed by atoms with Gasteiger partial charge in [-0.3, -0.25) is 15.1 Å². The van der Waals surface area contributed by atoms with Crippen LogP contribution in [-0.4, -0.2) is 9.91 Å². The van der Waals surface area contributed by atoms with Crippen LogP contribution in [0.4, 0.5) is 10.1 Å². The zero-order valence-electron chi connectivity index (χ0n) is 12.0. The maximum atomic E-state index is 13.2. The number of pyridine rings is 1. The quantitative estimate of drug-likeness (QED) is 0.637. The van der Waals surface area contributed by atoms with E-state index in [0.29, 0.717) is 22.6 Å². The van der Waals surface area contributed by atoms with E-state index in [4.69, 9.17) is 4.74 Å². The van der Waals surface area contributed by atoms with Crippen molar-refractivity contribution in [3.63, 3.8) is 0 Å². The molecule has 1 aromatic carbocycles. The topological polar surface area (TPSA) is 65.3 Å². The number of aromatic nitrogens is 1. The monoisotopic (exact) mass is 290 g/mol. The number of hydrogen-bond acceptors (Lipinski definition) is 4. The van der Waals surface area contributed by atoms with Crippen LogP contribution >= 0.6 is 0 Å². The van der Waals surface area contributed by atoms with Gasteiger partial charge in [-0.2, -0.15) is 0 Å². The van der Waals surface area contributed by atoms with Crippen LogP contribution in [0.5, 0.6) is 5.75 Å². The molecule has 0 saturated carbocycles. The minimum Gasteiger partial charge on any atom is -0.487 e. The molecule has 0 fully saturated rings. The maximum absolute atomic E-state index is 13.2. The van der Waals surface area contributed by atoms with E-state index < -0.39 is 10.7 Å². The van der Waals surface area contributed by atoms with Gasteiger partial charge in [0, 0.05) is 17.8 Å². The smallest absolute Gasteiger partial charge is 0.278 e. The van der Waals surface area contributed by atoms with Crippen molar-refractivity contribution in [3.8, 4) is 5.75 Å². The highest BCUT2D eigenvalue weighted by molar-refractivity contribution is 5.47. The predicted molar refractivity (Wildman–Crippen MR) is 75.8 cm³/mol. The van der Waals surface area contributed by atoms with Crippen molar-refractivity contribution in [2.24, 2.45) is 0 Å². The summed E-state index contributed by atoms with van der Waals surface area (Å²) in [6.45, 7) is 5.12. The lowest BCUT2D eigenvalue weighted by Crippen LogP contribution is -2.06. The summed E-state index contributed by atoms with van der Waals surface area (Å²) in [4.78, 5) is 14.8. The predicted octanol–water partition coefficient (Wildman–Crippen LogP) is 3.63. The van der Waals surface area contributed by atoms with Gasteiger partial charge in [0.15, 0.2) is 0 Å². The van der Waals surface area contributed by atoms with Crippen LogP contribution in [0, 0.1) is 36.7 Å². The van der Waals surface area contributed by atoms with Gasteiger partial charge >= 0.3 is 0 Å². The van der Waals surface area contributed by atoms with E-state index in [2.05, 4.69) is 4.98 Å². The van der Waals surface area contributed by atoms with Gasteiger partial charge in [-0.15, -0.1) is 0 Å². The fourth-order valence-corrected chi connectivity index (χ4v) is 2.07. The first-order valence-corrected chi connectivity index (χ1v) is 6.38. The van der Waals surface area contributed by atoms with Crippen molar-refractivity contribution in [3.05, 3.63) is 62.7 Å². The maximum Gasteiger partial charge on any atom is 0.278 e. The van der Waals surface area contributed by atoms with Crippen LogP contribution in [-0.2, 0) is 6.61 Å². The number of ether oxygens (including phenoxy) is 1. The van der Waals surface area contributed by atoms with Gasteiger partial charge in [0.25, 0.3) is 5.69 Å². The Morgan fingerprint density at radius 2 is 2.00 bits per heavy atom. The van der Waals surface area contributed by atoms with Crippen LogP contribution < -0.4 is 4.74 Å². The lowest BCUT2D eigenvalue weighted by Gasteiger charge is -2.11. The molecular formula is C15H15FN2O3. The van der Waals surface area contributed by atoms with Gasteiger partial charge in [0.2, 0.25) is 0 Å². The number of hydrogen-bond donors (Lipinski definition) is 0. The van der Waals surface area contributed by atoms with E-state index in [1.807, 2.05) is 0 Å². The van der Waals surface area contributed by atoms with Crippen LogP contribution in [0.15, 0.2) is 24.4 Å². The van der Waals surface area contributed by atoms with Gasteiger partial charge < -0.3 is 4.74 Å². The van der Waals surface area contributed by atoms with Gasteiger partial charge in [0.1, 0.15) is 18.2 Å². The van der Waals surface area contributed by atoms with E-state index in [9.17, 15) is 14.5 Å². The summed E-state index contributed by atoms with van der Waals surface area (Å²) in [6, 6.07) is 4.25. The Balaban J connectivity index is 2.27. The van der Waals surface area contributed by atoms with Crippen LogP contribution in [0.2, 0.25) is 0 Å². The second kappa shape index (κ2) is 5.87. The standard InChI is InChI=1S/C15H15FN2O3/c1-9-4-5-12(16)6-14(9)21-8-13-11(3)15(18(19)20)10(2)7-17-13/h4-7H,8H2,1-3H3. The summed E-state index contributed by atoms with van der Waals surface area (Å²) in [5.74, 6) is 0.00889. The molecule has 0 amide bonds. The Morgan fingerprint density at radius 1 is 1.29 bits per heavy atom. The molecule has 110 valence electrons. The number of halogens is 1. The Bertz CT molecular complexity index is 702. The molecule has 0 saturated heterocycles. The Labute approximate surface area is 121 Å². The average Bonchev–Trinajstić information content (AvgIpc) is 2.41. The zero-order valence-corrected chi connectivity index (χ0v) is 12.0. The molecular weight excluding hydrogens is 275 g/mol. The van der Waals surface area contributed by atoms with Crippen LogP contribution in [0.1, 0.15) is 22.4 Å². The second-order valence-electron chi connectivity index (χ2n) is 4.82. The van der Waals surface area contributed by atoms with Gasteiger partial charge in [-0.05, 0) is 32.4 Å². The van der Waals surface area contributed by atoms with E-state index in [-0.39, 0.29) is 12.3 Å². The highest BCUT2D eigenvalue weighted by Crippen LogP contribution is 2.26. The van der Waals surface area contributed by atoms with Crippen molar-refractivity contribution in [2.45, 2.75) is 27.4 Å². The third-order valence-corrected chi connectivity index (χ3v) is 3.27. The number of nitro groups is 1. The molecule has 6 heteroatoms. The first-order chi connectivity index (χ1) is 9.90. The molecule has 0 spiro atoms. The molecule has 0 aliphatic rings. The van der Waals surface area contributed by atoms with E-state index in [1.54, 1.807) is 26.8 Å². The second-order valence-corrected chi connectivity index (χ2v) is 4.82. The third kappa shape index (κ3) is 3.16. The Hall–Kier alpha value is -2.50. The largest absolute Gasteiger partial charge is 0.487 e. The molecule has 0 aliphatic heterocycles. The minimum absolute atomic E-state index is 0.0413. The molecule has 0 unspecified atom stereocenters. The summed E-state index contributed by atoms with van der Waals surface area (Å²) in [6.07, 6.45) is 1.45. The molecule has 21 heavy (non-hydrogen) atoms. The Kier molecular flexibility index (Phi) is 4.16. The first kappa shape index (κ1) is 14.9. The van der Waals surface area contributed by atoms with Crippen LogP contribution in [0.3, 0.4) is 0 Å². The molecule has 0 aliphatic carbocycles. The summed E-state index contributed by atoms with van der Waals surface area (Å²) < 4.78 is 18.7. The van der Waals surface area contributed by atoms with Gasteiger partial charge in [0.05, 0.1) is 16.2 Å². The average molecular weight is 290 g/mol. The molecule has 1 aromatic heterocycles. The number of rotatable bonds is 4. The summed E-state index contributed by atoms with van der Waals surface area (Å²) in [5, 5.41) is 11.1. The molecule has 0 atom stereocenters. The molecule has 0 radical (unpaired) electrons. The lowest BCUT2D eigenvalue weighted by molar-refractivity contribution is -0.386. The van der Waals surface area contributed by atoms with E-state index >= 15 is 0 Å². The summed E-state index contributed by atoms with van der Waals surface area (Å²) in [5.41, 5.74) is 2.27. The third-order valence-electron chi connectivity index (χ3n) is 3.27. The number of nitrogens with zero attached hydrogens (tertiary/aromatic N) is 2. The lowest BCUT2D eigenvalue weighted by atomic mass is 10.1. The zero-order chi connectivity index (χ0) is 15.6. The fourth-order valence-electron chi connectivity index (χ4n) is 2.07. The van der Waals surface area contributed by atoms with Crippen molar-refractivity contribution in [1.82, 2.24) is 4.98 Å². The minimum atomic E-state index is -0.427. The van der Waals surface area contributed by atoms with Gasteiger partial charge in [-0.25, -0.2) is 4.39 Å². The molecule has 1 heterocycles. The molecule has 5 nitrogen and oxygen atoms in total. The van der Waals surface area contributed by atoms with E-state index in [1.165, 1.54) is 18.3 Å². The summed E-state index contributed by atoms with van der Waals surface area (Å²) in [7, 11) is 0. The number of aryl methyl sites for hydroxylation is 2. The van der Waals surface area contributed by atoms with Crippen molar-refractivity contribution >= 4 is 5.69 Å². The van der Waals surface area contributed by atoms with E-state index in [0.717, 1.165) is 5.56 Å². The highest BCUT2D eigenvalue weighted by Gasteiger charge is 2.19.